The summed E-state index contributed by atoms with van der Waals surface area (Å²) in [7, 11) is 0. The molecular weight excluding hydrogens is 309 g/mol. The molecule has 0 fully saturated rings. The number of halogens is 2. The molecule has 0 saturated carbocycles. The molecule has 0 aliphatic carbocycles. The second-order valence-corrected chi connectivity index (χ2v) is 5.14. The van der Waals surface area contributed by atoms with Gasteiger partial charge in [0.1, 0.15) is 17.2 Å². The highest BCUT2D eigenvalue weighted by Gasteiger charge is 2.17. The van der Waals surface area contributed by atoms with Gasteiger partial charge < -0.3 is 9.67 Å². The maximum atomic E-state index is 14.0. The number of aliphatic carboxylic acids is 1. The van der Waals surface area contributed by atoms with Crippen molar-refractivity contribution in [1.29, 1.82) is 0 Å². The van der Waals surface area contributed by atoms with Crippen LogP contribution < -0.4 is 0 Å². The fourth-order valence-corrected chi connectivity index (χ4v) is 2.41. The Balaban J connectivity index is 2.21. The van der Waals surface area contributed by atoms with Crippen molar-refractivity contribution in [2.24, 2.45) is 0 Å². The maximum absolute atomic E-state index is 14.0. The van der Waals surface area contributed by atoms with Crippen molar-refractivity contribution < 1.29 is 14.3 Å². The molecule has 0 bridgehead atoms. The van der Waals surface area contributed by atoms with Crippen LogP contribution in [0.15, 0.2) is 36.5 Å². The number of hydrogen-bond acceptors (Lipinski definition) is 3. The summed E-state index contributed by atoms with van der Waals surface area (Å²) in [5.74, 6) is -1.04. The standard InChI is InChI=1S/C15H11ClFN3O2/c16-9-7-12-15(18-8-9)20(6-5-13(21)22)14(19-12)10-3-1-2-4-11(10)17/h1-4,7-8H,5-6H2,(H,21,22). The SMILES string of the molecule is O=C(O)CCn1c(-c2ccccc2F)nc2cc(Cl)cnc21. The van der Waals surface area contributed by atoms with E-state index in [-0.39, 0.29) is 13.0 Å². The summed E-state index contributed by atoms with van der Waals surface area (Å²) in [5.41, 5.74) is 1.27. The van der Waals surface area contributed by atoms with Gasteiger partial charge in [0.15, 0.2) is 5.65 Å². The topological polar surface area (TPSA) is 68.0 Å². The van der Waals surface area contributed by atoms with Crippen LogP contribution in [0.3, 0.4) is 0 Å². The molecule has 0 radical (unpaired) electrons. The lowest BCUT2D eigenvalue weighted by Gasteiger charge is -2.07. The lowest BCUT2D eigenvalue weighted by Crippen LogP contribution is -2.07. The van der Waals surface area contributed by atoms with E-state index in [1.54, 1.807) is 28.8 Å². The highest BCUT2D eigenvalue weighted by molar-refractivity contribution is 6.31. The highest BCUT2D eigenvalue weighted by atomic mass is 35.5. The van der Waals surface area contributed by atoms with E-state index in [0.29, 0.717) is 27.6 Å². The van der Waals surface area contributed by atoms with Gasteiger partial charge in [-0.15, -0.1) is 0 Å². The van der Waals surface area contributed by atoms with E-state index in [2.05, 4.69) is 9.97 Å². The number of aromatic nitrogens is 3. The first kappa shape index (κ1) is 14.5. The number of hydrogen-bond donors (Lipinski definition) is 1. The van der Waals surface area contributed by atoms with Crippen LogP contribution in [0.1, 0.15) is 6.42 Å². The second-order valence-electron chi connectivity index (χ2n) is 4.71. The molecule has 112 valence electrons. The molecule has 5 nitrogen and oxygen atoms in total. The summed E-state index contributed by atoms with van der Waals surface area (Å²) in [6, 6.07) is 7.81. The third kappa shape index (κ3) is 2.65. The minimum absolute atomic E-state index is 0.114. The molecule has 2 aromatic heterocycles. The van der Waals surface area contributed by atoms with Crippen molar-refractivity contribution in [2.75, 3.05) is 0 Å². The number of benzene rings is 1. The van der Waals surface area contributed by atoms with Crippen LogP contribution in [0.2, 0.25) is 5.02 Å². The Kier molecular flexibility index (Phi) is 3.77. The van der Waals surface area contributed by atoms with Gasteiger partial charge >= 0.3 is 5.97 Å². The molecule has 1 N–H and O–H groups in total. The number of carboxylic acid groups (broad SMARTS) is 1. The number of imidazole rings is 1. The smallest absolute Gasteiger partial charge is 0.305 e. The number of rotatable bonds is 4. The molecule has 0 aliphatic heterocycles. The van der Waals surface area contributed by atoms with Crippen LogP contribution in [0.25, 0.3) is 22.6 Å². The zero-order chi connectivity index (χ0) is 15.7. The largest absolute Gasteiger partial charge is 0.481 e. The van der Waals surface area contributed by atoms with Gasteiger partial charge in [0.05, 0.1) is 17.0 Å². The average molecular weight is 320 g/mol. The minimum Gasteiger partial charge on any atom is -0.481 e. The molecular formula is C15H11ClFN3O2. The van der Waals surface area contributed by atoms with Gasteiger partial charge in [-0.05, 0) is 18.2 Å². The molecule has 0 aliphatic rings. The molecule has 3 rings (SSSR count). The Morgan fingerprint density at radius 1 is 1.36 bits per heavy atom. The lowest BCUT2D eigenvalue weighted by atomic mass is 10.2. The summed E-state index contributed by atoms with van der Waals surface area (Å²) in [6.45, 7) is 0.143. The van der Waals surface area contributed by atoms with Gasteiger partial charge in [0, 0.05) is 12.7 Å². The lowest BCUT2D eigenvalue weighted by molar-refractivity contribution is -0.137. The fraction of sp³-hybridized carbons (Fsp3) is 0.133. The Morgan fingerprint density at radius 2 is 2.14 bits per heavy atom. The molecule has 7 heteroatoms. The first-order chi connectivity index (χ1) is 10.6. The van der Waals surface area contributed by atoms with Crippen LogP contribution in [-0.2, 0) is 11.3 Å². The normalized spacial score (nSPS) is 11.0. The Morgan fingerprint density at radius 3 is 2.86 bits per heavy atom. The zero-order valence-corrected chi connectivity index (χ0v) is 12.1. The third-order valence-electron chi connectivity index (χ3n) is 3.22. The molecule has 0 unspecified atom stereocenters. The monoisotopic (exact) mass is 319 g/mol. The molecule has 0 amide bonds. The van der Waals surface area contributed by atoms with Gasteiger partial charge in [-0.3, -0.25) is 4.79 Å². The van der Waals surface area contributed by atoms with Crippen molar-refractivity contribution in [3.63, 3.8) is 0 Å². The summed E-state index contributed by atoms with van der Waals surface area (Å²) < 4.78 is 15.6. The predicted octanol–water partition coefficient (Wildman–Crippen LogP) is 3.37. The van der Waals surface area contributed by atoms with E-state index in [0.717, 1.165) is 0 Å². The van der Waals surface area contributed by atoms with Crippen molar-refractivity contribution in [1.82, 2.24) is 14.5 Å². The molecule has 3 aromatic rings. The highest BCUT2D eigenvalue weighted by Crippen LogP contribution is 2.27. The van der Waals surface area contributed by atoms with Crippen molar-refractivity contribution in [3.8, 4) is 11.4 Å². The summed E-state index contributed by atoms with van der Waals surface area (Å²) in [6.07, 6.45) is 1.34. The van der Waals surface area contributed by atoms with Crippen LogP contribution in [0.5, 0.6) is 0 Å². The number of pyridine rings is 1. The van der Waals surface area contributed by atoms with Gasteiger partial charge in [0.2, 0.25) is 0 Å². The Hall–Kier alpha value is -2.47. The van der Waals surface area contributed by atoms with Crippen LogP contribution in [0.4, 0.5) is 4.39 Å². The van der Waals surface area contributed by atoms with Gasteiger partial charge in [-0.1, -0.05) is 23.7 Å². The average Bonchev–Trinajstić information content (AvgIpc) is 2.83. The zero-order valence-electron chi connectivity index (χ0n) is 11.3. The number of nitrogens with zero attached hydrogens (tertiary/aromatic N) is 3. The summed E-state index contributed by atoms with van der Waals surface area (Å²) in [5, 5.41) is 9.31. The Labute approximate surface area is 130 Å². The fourth-order valence-electron chi connectivity index (χ4n) is 2.25. The van der Waals surface area contributed by atoms with Crippen molar-refractivity contribution in [3.05, 3.63) is 47.4 Å². The Bertz CT molecular complexity index is 863. The van der Waals surface area contributed by atoms with Crippen molar-refractivity contribution in [2.45, 2.75) is 13.0 Å². The van der Waals surface area contributed by atoms with E-state index in [4.69, 9.17) is 16.7 Å². The van der Waals surface area contributed by atoms with E-state index >= 15 is 0 Å². The minimum atomic E-state index is -0.949. The molecule has 1 aromatic carbocycles. The van der Waals surface area contributed by atoms with E-state index < -0.39 is 11.8 Å². The van der Waals surface area contributed by atoms with E-state index in [1.807, 2.05) is 0 Å². The number of fused-ring (bicyclic) bond motifs is 1. The second kappa shape index (κ2) is 5.73. The molecule has 0 atom stereocenters. The number of aryl methyl sites for hydroxylation is 1. The molecule has 0 saturated heterocycles. The van der Waals surface area contributed by atoms with E-state index in [9.17, 15) is 9.18 Å². The first-order valence-electron chi connectivity index (χ1n) is 6.55. The van der Waals surface area contributed by atoms with Gasteiger partial charge in [0.25, 0.3) is 0 Å². The van der Waals surface area contributed by atoms with Crippen LogP contribution >= 0.6 is 11.6 Å². The number of carbonyl (C=O) groups is 1. The van der Waals surface area contributed by atoms with Crippen molar-refractivity contribution >= 4 is 28.7 Å². The van der Waals surface area contributed by atoms with Gasteiger partial charge in [-0.25, -0.2) is 14.4 Å². The third-order valence-corrected chi connectivity index (χ3v) is 3.42. The van der Waals surface area contributed by atoms with Crippen LogP contribution in [0, 0.1) is 5.82 Å². The number of carboxylic acids is 1. The summed E-state index contributed by atoms with van der Waals surface area (Å²) >= 11 is 5.91. The van der Waals surface area contributed by atoms with Gasteiger partial charge in [-0.2, -0.15) is 0 Å². The molecule has 2 heterocycles. The first-order valence-corrected chi connectivity index (χ1v) is 6.92. The van der Waals surface area contributed by atoms with E-state index in [1.165, 1.54) is 12.3 Å². The molecule has 0 spiro atoms. The van der Waals surface area contributed by atoms with Crippen LogP contribution in [-0.4, -0.2) is 25.6 Å². The predicted molar refractivity (Wildman–Crippen MR) is 80.2 cm³/mol. The maximum Gasteiger partial charge on any atom is 0.305 e. The quantitative estimate of drug-likeness (QED) is 0.800. The molecule has 22 heavy (non-hydrogen) atoms. The summed E-state index contributed by atoms with van der Waals surface area (Å²) in [4.78, 5) is 19.4.